The van der Waals surface area contributed by atoms with Crippen LogP contribution in [0.5, 0.6) is 0 Å². The SMILES string of the molecule is CCOC(=O)c1ccc2c(c1)[C@H]1C=CC[C@H]1[C@H](c1ccc(Cl)cc1Cl)N2. The Morgan fingerprint density at radius 2 is 2.04 bits per heavy atom. The molecule has 1 heterocycles. The van der Waals surface area contributed by atoms with Crippen LogP contribution in [0.2, 0.25) is 10.0 Å². The predicted molar refractivity (Wildman–Crippen MR) is 105 cm³/mol. The van der Waals surface area contributed by atoms with Crippen molar-refractivity contribution in [3.05, 3.63) is 75.3 Å². The summed E-state index contributed by atoms with van der Waals surface area (Å²) in [5.74, 6) is 0.313. The molecule has 0 spiro atoms. The third-order valence-electron chi connectivity index (χ3n) is 5.17. The van der Waals surface area contributed by atoms with Crippen LogP contribution in [0.15, 0.2) is 48.6 Å². The van der Waals surface area contributed by atoms with Crippen LogP contribution in [0.25, 0.3) is 0 Å². The van der Waals surface area contributed by atoms with Crippen molar-refractivity contribution in [2.75, 3.05) is 11.9 Å². The van der Waals surface area contributed by atoms with Crippen LogP contribution in [-0.2, 0) is 4.74 Å². The molecule has 2 aromatic carbocycles. The van der Waals surface area contributed by atoms with Gasteiger partial charge >= 0.3 is 5.97 Å². The highest BCUT2D eigenvalue weighted by molar-refractivity contribution is 6.35. The molecule has 0 bridgehead atoms. The van der Waals surface area contributed by atoms with Gasteiger partial charge in [-0.3, -0.25) is 0 Å². The first-order valence-electron chi connectivity index (χ1n) is 8.77. The molecule has 2 aliphatic rings. The molecule has 5 heteroatoms. The first kappa shape index (κ1) is 17.4. The number of esters is 1. The van der Waals surface area contributed by atoms with Crippen molar-refractivity contribution in [1.29, 1.82) is 0 Å². The summed E-state index contributed by atoms with van der Waals surface area (Å²) in [5, 5.41) is 4.93. The fraction of sp³-hybridized carbons (Fsp3) is 0.286. The van der Waals surface area contributed by atoms with Crippen molar-refractivity contribution in [3.8, 4) is 0 Å². The third kappa shape index (κ3) is 3.00. The average Bonchev–Trinajstić information content (AvgIpc) is 3.11. The highest BCUT2D eigenvalue weighted by Gasteiger charge is 2.38. The second-order valence-corrected chi connectivity index (χ2v) is 7.51. The molecule has 134 valence electrons. The van der Waals surface area contributed by atoms with Crippen molar-refractivity contribution in [2.45, 2.75) is 25.3 Å². The number of allylic oxidation sites excluding steroid dienone is 2. The molecule has 26 heavy (non-hydrogen) atoms. The Kier molecular flexibility index (Phi) is 4.68. The van der Waals surface area contributed by atoms with Crippen molar-refractivity contribution >= 4 is 34.9 Å². The fourth-order valence-electron chi connectivity index (χ4n) is 4.00. The lowest BCUT2D eigenvalue weighted by molar-refractivity contribution is 0.0526. The van der Waals surface area contributed by atoms with E-state index in [1.165, 1.54) is 0 Å². The molecule has 0 aromatic heterocycles. The zero-order valence-corrected chi connectivity index (χ0v) is 15.8. The summed E-state index contributed by atoms with van der Waals surface area (Å²) in [5.41, 5.74) is 3.81. The molecule has 0 radical (unpaired) electrons. The van der Waals surface area contributed by atoms with Gasteiger partial charge in [0.2, 0.25) is 0 Å². The molecule has 0 amide bonds. The first-order valence-corrected chi connectivity index (χ1v) is 9.53. The quantitative estimate of drug-likeness (QED) is 0.518. The number of fused-ring (bicyclic) bond motifs is 3. The Labute approximate surface area is 163 Å². The average molecular weight is 388 g/mol. The lowest BCUT2D eigenvalue weighted by Crippen LogP contribution is -2.29. The van der Waals surface area contributed by atoms with Crippen molar-refractivity contribution in [2.24, 2.45) is 5.92 Å². The van der Waals surface area contributed by atoms with Crippen LogP contribution in [0.4, 0.5) is 5.69 Å². The topological polar surface area (TPSA) is 38.3 Å². The van der Waals surface area contributed by atoms with Gasteiger partial charge in [-0.15, -0.1) is 0 Å². The smallest absolute Gasteiger partial charge is 0.338 e. The molecule has 1 aliphatic carbocycles. The van der Waals surface area contributed by atoms with Crippen LogP contribution in [0.1, 0.15) is 46.8 Å². The molecule has 1 N–H and O–H groups in total. The minimum absolute atomic E-state index is 0.0979. The molecule has 0 saturated carbocycles. The third-order valence-corrected chi connectivity index (χ3v) is 5.73. The Balaban J connectivity index is 1.73. The molecule has 0 unspecified atom stereocenters. The van der Waals surface area contributed by atoms with Crippen LogP contribution in [-0.4, -0.2) is 12.6 Å². The van der Waals surface area contributed by atoms with Crippen LogP contribution >= 0.6 is 23.2 Å². The molecule has 4 rings (SSSR count). The van der Waals surface area contributed by atoms with Gasteiger partial charge in [0.1, 0.15) is 0 Å². The number of anilines is 1. The zero-order valence-electron chi connectivity index (χ0n) is 14.3. The summed E-state index contributed by atoms with van der Waals surface area (Å²) in [6.45, 7) is 2.19. The Morgan fingerprint density at radius 3 is 2.81 bits per heavy atom. The maximum Gasteiger partial charge on any atom is 0.338 e. The number of carbonyl (C=O) groups is 1. The van der Waals surface area contributed by atoms with E-state index in [1.54, 1.807) is 6.07 Å². The fourth-order valence-corrected chi connectivity index (χ4v) is 4.52. The lowest BCUT2D eigenvalue weighted by atomic mass is 9.76. The van der Waals surface area contributed by atoms with Gasteiger partial charge in [-0.2, -0.15) is 0 Å². The van der Waals surface area contributed by atoms with E-state index in [0.717, 1.165) is 23.2 Å². The van der Waals surface area contributed by atoms with Gasteiger partial charge in [-0.1, -0.05) is 41.4 Å². The van der Waals surface area contributed by atoms with E-state index in [1.807, 2.05) is 37.3 Å². The second-order valence-electron chi connectivity index (χ2n) is 6.66. The number of nitrogens with one attached hydrogen (secondary N) is 1. The van der Waals surface area contributed by atoms with Crippen molar-refractivity contribution in [3.63, 3.8) is 0 Å². The first-order chi connectivity index (χ1) is 12.6. The van der Waals surface area contributed by atoms with Gasteiger partial charge < -0.3 is 10.1 Å². The van der Waals surface area contributed by atoms with Crippen molar-refractivity contribution < 1.29 is 9.53 Å². The molecule has 0 fully saturated rings. The van der Waals surface area contributed by atoms with Gasteiger partial charge in [0.15, 0.2) is 0 Å². The van der Waals surface area contributed by atoms with Gasteiger partial charge in [-0.25, -0.2) is 4.79 Å². The van der Waals surface area contributed by atoms with Crippen LogP contribution in [0, 0.1) is 5.92 Å². The number of carbonyl (C=O) groups excluding carboxylic acids is 1. The molecule has 3 atom stereocenters. The molecular weight excluding hydrogens is 369 g/mol. The standard InChI is InChI=1S/C21H19Cl2NO2/c1-2-26-21(25)12-6-9-19-17(10-12)14-4-3-5-15(14)20(24-19)16-8-7-13(22)11-18(16)23/h3-4,6-11,14-15,20,24H,2,5H2,1H3/t14-,15+,20+/m0/s1. The molecule has 1 aliphatic heterocycles. The highest BCUT2D eigenvalue weighted by atomic mass is 35.5. The normalized spacial score (nSPS) is 23.1. The number of hydrogen-bond acceptors (Lipinski definition) is 3. The largest absolute Gasteiger partial charge is 0.462 e. The van der Waals surface area contributed by atoms with Crippen molar-refractivity contribution in [1.82, 2.24) is 0 Å². The lowest BCUT2D eigenvalue weighted by Gasteiger charge is -2.38. The molecule has 0 saturated heterocycles. The second kappa shape index (κ2) is 6.98. The predicted octanol–water partition coefficient (Wildman–Crippen LogP) is 6.00. The van der Waals surface area contributed by atoms with E-state index >= 15 is 0 Å². The van der Waals surface area contributed by atoms with Gasteiger partial charge in [-0.05, 0) is 60.7 Å². The van der Waals surface area contributed by atoms with Gasteiger partial charge in [0.25, 0.3) is 0 Å². The Bertz CT molecular complexity index is 894. The zero-order chi connectivity index (χ0) is 18.3. The summed E-state index contributed by atoms with van der Waals surface area (Å²) in [6, 6.07) is 11.5. The summed E-state index contributed by atoms with van der Waals surface area (Å²) in [7, 11) is 0. The van der Waals surface area contributed by atoms with E-state index in [4.69, 9.17) is 27.9 Å². The number of rotatable bonds is 3. The number of benzene rings is 2. The maximum atomic E-state index is 12.1. The minimum Gasteiger partial charge on any atom is -0.462 e. The van der Waals surface area contributed by atoms with Crippen LogP contribution < -0.4 is 5.32 Å². The number of ether oxygens (including phenoxy) is 1. The van der Waals surface area contributed by atoms with E-state index in [2.05, 4.69) is 17.5 Å². The summed E-state index contributed by atoms with van der Waals surface area (Å²) in [6.07, 6.45) is 5.40. The molecular formula is C21H19Cl2NO2. The van der Waals surface area contributed by atoms with Gasteiger partial charge in [0.05, 0.1) is 18.2 Å². The number of halogens is 2. The molecule has 2 aromatic rings. The minimum atomic E-state index is -0.281. The van der Waals surface area contributed by atoms with E-state index in [-0.39, 0.29) is 17.9 Å². The monoisotopic (exact) mass is 387 g/mol. The Morgan fingerprint density at radius 1 is 1.19 bits per heavy atom. The Hall–Kier alpha value is -1.97. The summed E-state index contributed by atoms with van der Waals surface area (Å²) >= 11 is 12.5. The number of hydrogen-bond donors (Lipinski definition) is 1. The summed E-state index contributed by atoms with van der Waals surface area (Å²) in [4.78, 5) is 12.1. The van der Waals surface area contributed by atoms with Crippen LogP contribution in [0.3, 0.4) is 0 Å². The van der Waals surface area contributed by atoms with E-state index in [9.17, 15) is 4.79 Å². The van der Waals surface area contributed by atoms with E-state index in [0.29, 0.717) is 28.1 Å². The molecule has 3 nitrogen and oxygen atoms in total. The maximum absolute atomic E-state index is 12.1. The summed E-state index contributed by atoms with van der Waals surface area (Å²) < 4.78 is 5.14. The van der Waals surface area contributed by atoms with Gasteiger partial charge in [0, 0.05) is 21.7 Å². The highest BCUT2D eigenvalue weighted by Crippen LogP contribution is 2.51. The van der Waals surface area contributed by atoms with E-state index < -0.39 is 0 Å².